The summed E-state index contributed by atoms with van der Waals surface area (Å²) in [5.74, 6) is 0. The Bertz CT molecular complexity index is 4170. The first-order valence-electron chi connectivity index (χ1n) is 36.8. The molecule has 0 aliphatic heterocycles. The molecule has 0 unspecified atom stereocenters. The molecule has 0 N–H and O–H groups in total. The molecular weight excluding hydrogens is 1740 g/mol. The van der Waals surface area contributed by atoms with Crippen molar-refractivity contribution in [1.29, 1.82) is 0 Å². The first kappa shape index (κ1) is 85.1. The summed E-state index contributed by atoms with van der Waals surface area (Å²) in [6.07, 6.45) is 17.9. The van der Waals surface area contributed by atoms with Crippen LogP contribution in [0.15, 0.2) is 441 Å². The zero-order valence-corrected chi connectivity index (χ0v) is 70.8. The van der Waals surface area contributed by atoms with Gasteiger partial charge in [0, 0.05) is 52.4 Å². The van der Waals surface area contributed by atoms with E-state index in [2.05, 4.69) is 497 Å². The van der Waals surface area contributed by atoms with Gasteiger partial charge >= 0.3 is 0 Å². The predicted octanol–water partition coefficient (Wildman–Crippen LogP) is 22.5. The van der Waals surface area contributed by atoms with Gasteiger partial charge in [-0.15, -0.1) is 36.1 Å². The summed E-state index contributed by atoms with van der Waals surface area (Å²) in [7, 11) is -1.78. The molecule has 110 heavy (non-hydrogen) atoms. The van der Waals surface area contributed by atoms with Gasteiger partial charge in [-0.2, -0.15) is 17.5 Å². The van der Waals surface area contributed by atoms with E-state index in [4.69, 9.17) is 0 Å². The van der Waals surface area contributed by atoms with Gasteiger partial charge in [-0.05, 0) is 113 Å². The van der Waals surface area contributed by atoms with Crippen molar-refractivity contribution in [3.05, 3.63) is 494 Å². The SMILES string of the molecule is BrC1=Cc2ccccc2C1.[C-]1=Cc2ccccc2C1.[C-]1=Cc2ccccc2C1.[CH2-]CCC.[Pd].[Pt].c1ccc(P(c2ccccc2)c2ccccc2)cc1.c1ccc(P(c2ccccc2)c2ccccc2)cc1.c1ccc(P(c2ccccc2)c2ccccc2)cc1.c1ccc(P(c2ccccc2)c2ccccc2)cc1. The van der Waals surface area contributed by atoms with Crippen molar-refractivity contribution in [3.8, 4) is 0 Å². The van der Waals surface area contributed by atoms with Crippen LogP contribution in [0.1, 0.15) is 53.1 Å². The summed E-state index contributed by atoms with van der Waals surface area (Å²) in [6, 6.07) is 155. The summed E-state index contributed by atoms with van der Waals surface area (Å²) in [5.41, 5.74) is 8.24. The summed E-state index contributed by atoms with van der Waals surface area (Å²) >= 11 is 3.48. The van der Waals surface area contributed by atoms with Crippen molar-refractivity contribution >= 4 is 129 Å². The maximum atomic E-state index is 3.60. The maximum Gasteiger partial charge on any atom is 0.00468 e. The van der Waals surface area contributed by atoms with Crippen LogP contribution in [0.3, 0.4) is 0 Å². The number of hydrogen-bond acceptors (Lipinski definition) is 0. The van der Waals surface area contributed by atoms with Crippen molar-refractivity contribution in [3.63, 3.8) is 0 Å². The van der Waals surface area contributed by atoms with Crippen molar-refractivity contribution in [2.45, 2.75) is 39.0 Å². The van der Waals surface area contributed by atoms with Crippen LogP contribution >= 0.6 is 47.6 Å². The largest absolute Gasteiger partial charge is 0.343 e. The van der Waals surface area contributed by atoms with Crippen LogP contribution < -0.4 is 63.7 Å². The van der Waals surface area contributed by atoms with Gasteiger partial charge in [0.2, 0.25) is 0 Å². The number of fused-ring (bicyclic) bond motifs is 3. The van der Waals surface area contributed by atoms with Crippen LogP contribution in [0, 0.1) is 19.1 Å². The van der Waals surface area contributed by atoms with Crippen LogP contribution in [-0.4, -0.2) is 0 Å². The molecule has 3 aliphatic rings. The van der Waals surface area contributed by atoms with Gasteiger partial charge < -0.3 is 6.92 Å². The van der Waals surface area contributed by atoms with Crippen molar-refractivity contribution < 1.29 is 41.5 Å². The molecule has 18 rings (SSSR count). The molecule has 15 aromatic carbocycles. The first-order valence-corrected chi connectivity index (χ1v) is 43.0. The molecule has 0 aromatic heterocycles. The van der Waals surface area contributed by atoms with Crippen molar-refractivity contribution in [2.24, 2.45) is 0 Å². The number of benzene rings is 15. The Labute approximate surface area is 697 Å². The van der Waals surface area contributed by atoms with E-state index in [1.165, 1.54) is 108 Å². The minimum atomic E-state index is -0.446. The van der Waals surface area contributed by atoms with Crippen molar-refractivity contribution in [2.75, 3.05) is 0 Å². The van der Waals surface area contributed by atoms with Crippen LogP contribution in [-0.2, 0) is 60.8 Å². The van der Waals surface area contributed by atoms with E-state index < -0.39 is 31.7 Å². The average Bonchev–Trinajstić information content (AvgIpc) is 0.969. The molecular formula is C103H90BrP4PdPt-3. The Morgan fingerprint density at radius 3 is 0.591 bits per heavy atom. The third kappa shape index (κ3) is 26.7. The minimum Gasteiger partial charge on any atom is -0.343 e. The molecule has 3 aliphatic carbocycles. The molecule has 552 valence electrons. The second-order valence-electron chi connectivity index (χ2n) is 25.1. The minimum absolute atomic E-state index is 0. The quantitative estimate of drug-likeness (QED) is 0.0613. The van der Waals surface area contributed by atoms with Gasteiger partial charge in [0.1, 0.15) is 0 Å². The van der Waals surface area contributed by atoms with Gasteiger partial charge in [0.25, 0.3) is 0 Å². The monoisotopic (exact) mass is 1830 g/mol. The number of rotatable bonds is 13. The third-order valence-corrected chi connectivity index (χ3v) is 27.7. The molecule has 7 heteroatoms. The molecule has 0 saturated carbocycles. The fourth-order valence-electron chi connectivity index (χ4n) is 12.2. The summed E-state index contributed by atoms with van der Waals surface area (Å²) in [6.45, 7) is 5.72. The van der Waals surface area contributed by atoms with Crippen LogP contribution in [0.2, 0.25) is 0 Å². The smallest absolute Gasteiger partial charge is 0.00468 e. The topological polar surface area (TPSA) is 0 Å². The fourth-order valence-corrected chi connectivity index (χ4v) is 21.9. The first-order chi connectivity index (χ1) is 53.5. The van der Waals surface area contributed by atoms with E-state index in [1.54, 1.807) is 0 Å². The Kier molecular flexibility index (Phi) is 37.6. The predicted molar refractivity (Wildman–Crippen MR) is 484 cm³/mol. The van der Waals surface area contributed by atoms with E-state index >= 15 is 0 Å². The average molecular weight is 1830 g/mol. The van der Waals surface area contributed by atoms with Crippen molar-refractivity contribution in [1.82, 2.24) is 0 Å². The van der Waals surface area contributed by atoms with E-state index in [0.29, 0.717) is 0 Å². The standard InChI is InChI=1S/4C18H15P.C9H7Br.2C9H7.C4H9.Pd.Pt/c4*1-4-10-16(11-5-1)19(17-12-6-2-7-13-17)18-14-8-3-9-15-18;10-9-5-7-3-1-2-4-8(7)6-9;2*1-2-5-9-7-3-6-8(9)4-1;1-3-4-2;;/h4*1-15H;1-5H,6H2;2*1-2,4-6H,7H2;1,3-4H2,2H3;;/q;;;;;3*-1;;. The molecule has 0 atom stereocenters. The number of unbranched alkanes of at least 4 members (excludes halogenated alkanes) is 1. The molecule has 0 saturated heterocycles. The maximum absolute atomic E-state index is 3.60. The Morgan fingerprint density at radius 2 is 0.418 bits per heavy atom. The second kappa shape index (κ2) is 48.7. The fraction of sp³-hybridized carbons (Fsp3) is 0.0583. The summed E-state index contributed by atoms with van der Waals surface area (Å²) < 4.78 is 1.29. The molecule has 0 fully saturated rings. The van der Waals surface area contributed by atoms with Gasteiger partial charge in [-0.3, -0.25) is 12.2 Å². The van der Waals surface area contributed by atoms with Gasteiger partial charge in [0.05, 0.1) is 0 Å². The molecule has 0 radical (unpaired) electrons. The Hall–Kier alpha value is -8.93. The van der Waals surface area contributed by atoms with Gasteiger partial charge in [-0.25, -0.2) is 12.2 Å². The zero-order chi connectivity index (χ0) is 74.3. The Morgan fingerprint density at radius 1 is 0.255 bits per heavy atom. The number of allylic oxidation sites excluding steroid dienone is 3. The second-order valence-corrected chi connectivity index (χ2v) is 35.0. The van der Waals surface area contributed by atoms with Crippen LogP contribution in [0.25, 0.3) is 18.2 Å². The van der Waals surface area contributed by atoms with Gasteiger partial charge in [-0.1, -0.05) is 454 Å². The summed E-state index contributed by atoms with van der Waals surface area (Å²) in [4.78, 5) is 0. The summed E-state index contributed by atoms with van der Waals surface area (Å²) in [5, 5.41) is 16.8. The van der Waals surface area contributed by atoms with Gasteiger partial charge in [0.15, 0.2) is 0 Å². The molecule has 0 spiro atoms. The molecule has 15 aromatic rings. The van der Waals surface area contributed by atoms with Crippen LogP contribution in [0.5, 0.6) is 0 Å². The number of hydrogen-bond donors (Lipinski definition) is 0. The zero-order valence-electron chi connectivity index (χ0n) is 61.8. The van der Waals surface area contributed by atoms with E-state index in [0.717, 1.165) is 25.7 Å². The number of halogens is 1. The van der Waals surface area contributed by atoms with E-state index in [9.17, 15) is 0 Å². The van der Waals surface area contributed by atoms with E-state index in [1.807, 2.05) is 0 Å². The van der Waals surface area contributed by atoms with Crippen LogP contribution in [0.4, 0.5) is 0 Å². The molecule has 0 bridgehead atoms. The normalized spacial score (nSPS) is 11.2. The molecule has 0 amide bonds. The molecule has 0 heterocycles. The molecule has 0 nitrogen and oxygen atoms in total. The third-order valence-electron chi connectivity index (χ3n) is 17.5. The van der Waals surface area contributed by atoms with E-state index in [-0.39, 0.29) is 41.5 Å². The Balaban J connectivity index is 0.000000149.